The zero-order valence-electron chi connectivity index (χ0n) is 10.9. The molecular weight excluding hydrogens is 266 g/mol. The molecule has 1 aliphatic heterocycles. The molecule has 2 rings (SSSR count). The van der Waals surface area contributed by atoms with Gasteiger partial charge in [-0.2, -0.15) is 16.9 Å². The fourth-order valence-corrected chi connectivity index (χ4v) is 3.52. The van der Waals surface area contributed by atoms with Crippen molar-refractivity contribution in [2.24, 2.45) is 0 Å². The Kier molecular flexibility index (Phi) is 3.84. The number of aromatic nitrogens is 2. The molecule has 0 spiro atoms. The number of thioether (sulfide) groups is 1. The maximum Gasteiger partial charge on any atom is 0.330 e. The van der Waals surface area contributed by atoms with Gasteiger partial charge in [-0.15, -0.1) is 0 Å². The molecule has 0 bridgehead atoms. The third-order valence-corrected chi connectivity index (χ3v) is 4.62. The van der Waals surface area contributed by atoms with Crippen LogP contribution in [0.15, 0.2) is 0 Å². The summed E-state index contributed by atoms with van der Waals surface area (Å²) in [4.78, 5) is 23.4. The maximum atomic E-state index is 12.1. The summed E-state index contributed by atoms with van der Waals surface area (Å²) < 4.78 is 0. The molecule has 1 aliphatic rings. The van der Waals surface area contributed by atoms with Gasteiger partial charge in [-0.1, -0.05) is 0 Å². The lowest BCUT2D eigenvalue weighted by Crippen LogP contribution is -2.55. The SMILES string of the molecule is Cc1n[nH]c(C)c1CC(=O)NC1(C(=O)O)CCSC1. The fraction of sp³-hybridized carbons (Fsp3) is 0.583. The minimum Gasteiger partial charge on any atom is -0.479 e. The minimum atomic E-state index is -1.10. The maximum absolute atomic E-state index is 12.1. The number of hydrogen-bond acceptors (Lipinski definition) is 4. The Hall–Kier alpha value is -1.50. The van der Waals surface area contributed by atoms with Crippen LogP contribution in [0.2, 0.25) is 0 Å². The molecule has 104 valence electrons. The summed E-state index contributed by atoms with van der Waals surface area (Å²) in [6.45, 7) is 3.67. The molecule has 1 aromatic rings. The number of rotatable bonds is 4. The van der Waals surface area contributed by atoms with Gasteiger partial charge in [-0.25, -0.2) is 4.79 Å². The first-order chi connectivity index (χ1) is 8.94. The second kappa shape index (κ2) is 5.24. The van der Waals surface area contributed by atoms with E-state index >= 15 is 0 Å². The summed E-state index contributed by atoms with van der Waals surface area (Å²) >= 11 is 1.55. The van der Waals surface area contributed by atoms with E-state index in [1.807, 2.05) is 13.8 Å². The number of carbonyl (C=O) groups is 2. The molecule has 6 nitrogen and oxygen atoms in total. The first-order valence-corrected chi connectivity index (χ1v) is 7.23. The lowest BCUT2D eigenvalue weighted by atomic mass is 9.98. The van der Waals surface area contributed by atoms with E-state index in [0.29, 0.717) is 12.2 Å². The Bertz CT molecular complexity index is 487. The molecule has 1 saturated heterocycles. The Morgan fingerprint density at radius 1 is 1.53 bits per heavy atom. The predicted octanol–water partition coefficient (Wildman–Crippen LogP) is 0.646. The van der Waals surface area contributed by atoms with E-state index in [9.17, 15) is 14.7 Å². The number of carboxylic acids is 1. The number of amides is 1. The highest BCUT2D eigenvalue weighted by atomic mass is 32.2. The summed E-state index contributed by atoms with van der Waals surface area (Å²) in [5.74, 6) is -0.0303. The summed E-state index contributed by atoms with van der Waals surface area (Å²) in [5, 5.41) is 18.8. The third-order valence-electron chi connectivity index (χ3n) is 3.43. The molecule has 0 aromatic carbocycles. The van der Waals surface area contributed by atoms with Gasteiger partial charge in [-0.05, 0) is 26.0 Å². The zero-order valence-corrected chi connectivity index (χ0v) is 11.8. The second-order valence-corrected chi connectivity index (χ2v) is 5.93. The number of aromatic amines is 1. The van der Waals surface area contributed by atoms with Gasteiger partial charge < -0.3 is 10.4 Å². The smallest absolute Gasteiger partial charge is 0.330 e. The summed E-state index contributed by atoms with van der Waals surface area (Å²) in [5.41, 5.74) is 1.35. The van der Waals surface area contributed by atoms with Crippen molar-refractivity contribution in [1.82, 2.24) is 15.5 Å². The number of nitrogens with zero attached hydrogens (tertiary/aromatic N) is 1. The van der Waals surface area contributed by atoms with Crippen LogP contribution in [0, 0.1) is 13.8 Å². The highest BCUT2D eigenvalue weighted by Crippen LogP contribution is 2.28. The van der Waals surface area contributed by atoms with E-state index in [-0.39, 0.29) is 12.3 Å². The van der Waals surface area contributed by atoms with E-state index in [0.717, 1.165) is 22.7 Å². The molecule has 2 heterocycles. The van der Waals surface area contributed by atoms with Crippen LogP contribution in [-0.4, -0.2) is 44.2 Å². The molecule has 3 N–H and O–H groups in total. The first-order valence-electron chi connectivity index (χ1n) is 6.07. The standard InChI is InChI=1S/C12H17N3O3S/c1-7-9(8(2)15-14-7)5-10(16)13-12(11(17)18)3-4-19-6-12/h3-6H2,1-2H3,(H,13,16)(H,14,15)(H,17,18). The zero-order chi connectivity index (χ0) is 14.0. The number of carbonyl (C=O) groups excluding carboxylic acids is 1. The van der Waals surface area contributed by atoms with Crippen LogP contribution in [0.25, 0.3) is 0 Å². The van der Waals surface area contributed by atoms with E-state index < -0.39 is 11.5 Å². The Balaban J connectivity index is 2.07. The lowest BCUT2D eigenvalue weighted by Gasteiger charge is -2.24. The van der Waals surface area contributed by atoms with Gasteiger partial charge in [0.2, 0.25) is 5.91 Å². The number of aryl methyl sites for hydroxylation is 2. The van der Waals surface area contributed by atoms with Gasteiger partial charge in [0.25, 0.3) is 0 Å². The van der Waals surface area contributed by atoms with Crippen molar-refractivity contribution >= 4 is 23.6 Å². The molecule has 19 heavy (non-hydrogen) atoms. The van der Waals surface area contributed by atoms with E-state index in [1.54, 1.807) is 11.8 Å². The molecule has 0 aliphatic carbocycles. The first kappa shape index (κ1) is 13.9. The molecule has 1 atom stereocenters. The predicted molar refractivity (Wildman–Crippen MR) is 72.2 cm³/mol. The Morgan fingerprint density at radius 2 is 2.26 bits per heavy atom. The van der Waals surface area contributed by atoms with Crippen molar-refractivity contribution in [1.29, 1.82) is 0 Å². The summed E-state index contributed by atoms with van der Waals surface area (Å²) in [7, 11) is 0. The van der Waals surface area contributed by atoms with Gasteiger partial charge in [0, 0.05) is 17.0 Å². The molecule has 0 radical (unpaired) electrons. The number of nitrogens with one attached hydrogen (secondary N) is 2. The van der Waals surface area contributed by atoms with Gasteiger partial charge >= 0.3 is 5.97 Å². The van der Waals surface area contributed by atoms with Crippen LogP contribution in [-0.2, 0) is 16.0 Å². The highest BCUT2D eigenvalue weighted by molar-refractivity contribution is 7.99. The van der Waals surface area contributed by atoms with Crippen LogP contribution in [0.5, 0.6) is 0 Å². The molecule has 0 saturated carbocycles. The Labute approximate surface area is 115 Å². The molecule has 1 amide bonds. The molecular formula is C12H17N3O3S. The van der Waals surface area contributed by atoms with E-state index in [4.69, 9.17) is 0 Å². The number of carboxylic acid groups (broad SMARTS) is 1. The average molecular weight is 283 g/mol. The summed E-state index contributed by atoms with van der Waals surface area (Å²) in [6, 6.07) is 0. The quantitative estimate of drug-likeness (QED) is 0.754. The fourth-order valence-electron chi connectivity index (χ4n) is 2.19. The van der Waals surface area contributed by atoms with Crippen molar-refractivity contribution in [3.8, 4) is 0 Å². The monoisotopic (exact) mass is 283 g/mol. The highest BCUT2D eigenvalue weighted by Gasteiger charge is 2.43. The number of H-pyrrole nitrogens is 1. The average Bonchev–Trinajstić information content (AvgIpc) is 2.92. The number of aliphatic carboxylic acids is 1. The normalized spacial score (nSPS) is 22.4. The van der Waals surface area contributed by atoms with Crippen molar-refractivity contribution < 1.29 is 14.7 Å². The van der Waals surface area contributed by atoms with E-state index in [2.05, 4.69) is 15.5 Å². The van der Waals surface area contributed by atoms with Gasteiger partial charge in [0.1, 0.15) is 5.54 Å². The summed E-state index contributed by atoms with van der Waals surface area (Å²) in [6.07, 6.45) is 0.635. The molecule has 1 fully saturated rings. The van der Waals surface area contributed by atoms with Crippen molar-refractivity contribution in [2.75, 3.05) is 11.5 Å². The van der Waals surface area contributed by atoms with Crippen molar-refractivity contribution in [3.05, 3.63) is 17.0 Å². The van der Waals surface area contributed by atoms with Crippen LogP contribution < -0.4 is 5.32 Å². The van der Waals surface area contributed by atoms with Crippen LogP contribution in [0.4, 0.5) is 0 Å². The minimum absolute atomic E-state index is 0.161. The Morgan fingerprint density at radius 3 is 2.74 bits per heavy atom. The van der Waals surface area contributed by atoms with Crippen molar-refractivity contribution in [3.63, 3.8) is 0 Å². The van der Waals surface area contributed by atoms with Crippen LogP contribution in [0.1, 0.15) is 23.4 Å². The second-order valence-electron chi connectivity index (χ2n) is 4.83. The van der Waals surface area contributed by atoms with E-state index in [1.165, 1.54) is 0 Å². The van der Waals surface area contributed by atoms with Crippen molar-refractivity contribution in [2.45, 2.75) is 32.2 Å². The molecule has 1 unspecified atom stereocenters. The topological polar surface area (TPSA) is 95.1 Å². The van der Waals surface area contributed by atoms with Crippen LogP contribution in [0.3, 0.4) is 0 Å². The van der Waals surface area contributed by atoms with Gasteiger partial charge in [-0.3, -0.25) is 9.89 Å². The number of hydrogen-bond donors (Lipinski definition) is 3. The van der Waals surface area contributed by atoms with Gasteiger partial charge in [0.15, 0.2) is 0 Å². The van der Waals surface area contributed by atoms with Crippen LogP contribution >= 0.6 is 11.8 Å². The third kappa shape index (κ3) is 2.75. The lowest BCUT2D eigenvalue weighted by molar-refractivity contribution is -0.146. The van der Waals surface area contributed by atoms with Gasteiger partial charge in [0.05, 0.1) is 12.1 Å². The molecule has 1 aromatic heterocycles. The largest absolute Gasteiger partial charge is 0.479 e. The molecule has 7 heteroatoms.